The maximum atomic E-state index is 5.34. The van der Waals surface area contributed by atoms with Crippen molar-refractivity contribution in [3.63, 3.8) is 0 Å². The van der Waals surface area contributed by atoms with Crippen molar-refractivity contribution >= 4 is 29.9 Å². The highest BCUT2D eigenvalue weighted by Gasteiger charge is 2.23. The maximum absolute atomic E-state index is 5.34. The van der Waals surface area contributed by atoms with Crippen LogP contribution in [0, 0.1) is 0 Å². The Morgan fingerprint density at radius 1 is 1.25 bits per heavy atom. The molecule has 0 radical (unpaired) electrons. The topological polar surface area (TPSA) is 49.3 Å². The summed E-state index contributed by atoms with van der Waals surface area (Å²) < 4.78 is 10.7. The number of hydrogen-bond donors (Lipinski definition) is 1. The summed E-state index contributed by atoms with van der Waals surface area (Å²) >= 11 is 0. The molecule has 0 bridgehead atoms. The molecule has 136 valence electrons. The van der Waals surface area contributed by atoms with Crippen LogP contribution in [0.3, 0.4) is 0 Å². The molecule has 0 amide bonds. The zero-order valence-corrected chi connectivity index (χ0v) is 17.5. The van der Waals surface area contributed by atoms with Crippen molar-refractivity contribution in [2.24, 2.45) is 4.99 Å². The zero-order valence-electron chi connectivity index (χ0n) is 15.2. The van der Waals surface area contributed by atoms with Crippen molar-refractivity contribution < 1.29 is 9.47 Å². The molecule has 0 saturated carbocycles. The molecule has 0 aromatic heterocycles. The Morgan fingerprint density at radius 2 is 1.88 bits per heavy atom. The average Bonchev–Trinajstić information content (AvgIpc) is 2.98. The van der Waals surface area contributed by atoms with Crippen LogP contribution < -0.4 is 14.8 Å². The molecular weight excluding hydrogens is 419 g/mol. The molecule has 6 nitrogen and oxygen atoms in total. The van der Waals surface area contributed by atoms with Crippen molar-refractivity contribution in [2.45, 2.75) is 19.0 Å². The van der Waals surface area contributed by atoms with E-state index < -0.39 is 0 Å². The van der Waals surface area contributed by atoms with Crippen LogP contribution in [0.2, 0.25) is 0 Å². The molecular formula is C17H29IN4O2. The lowest BCUT2D eigenvalue weighted by Gasteiger charge is -2.22. The number of benzene rings is 1. The summed E-state index contributed by atoms with van der Waals surface area (Å²) in [6.45, 7) is 2.97. The highest BCUT2D eigenvalue weighted by Crippen LogP contribution is 2.24. The summed E-state index contributed by atoms with van der Waals surface area (Å²) in [6.07, 6.45) is 1.12. The lowest BCUT2D eigenvalue weighted by molar-refractivity contribution is 0.321. The van der Waals surface area contributed by atoms with Gasteiger partial charge in [0.15, 0.2) is 5.96 Å². The fourth-order valence-corrected chi connectivity index (χ4v) is 2.89. The standard InChI is InChI=1S/C17H28N4O2.HI/c1-18-17(20(2)3)19-14-6-7-21(12-14)11-13-8-15(22-4)10-16(9-13)23-5;/h8-10,14H,6-7,11-12H2,1-5H3,(H,18,19);1H. The molecule has 1 N–H and O–H groups in total. The minimum Gasteiger partial charge on any atom is -0.497 e. The van der Waals surface area contributed by atoms with Gasteiger partial charge in [-0.1, -0.05) is 0 Å². The number of halogens is 1. The Balaban J connectivity index is 0.00000288. The van der Waals surface area contributed by atoms with E-state index in [-0.39, 0.29) is 24.0 Å². The van der Waals surface area contributed by atoms with E-state index in [0.717, 1.165) is 43.5 Å². The van der Waals surface area contributed by atoms with Crippen molar-refractivity contribution in [1.29, 1.82) is 0 Å². The highest BCUT2D eigenvalue weighted by atomic mass is 127. The van der Waals surface area contributed by atoms with E-state index in [9.17, 15) is 0 Å². The Kier molecular flexibility index (Phi) is 8.61. The number of hydrogen-bond acceptors (Lipinski definition) is 4. The first kappa shape index (κ1) is 20.8. The first-order valence-corrected chi connectivity index (χ1v) is 7.90. The third kappa shape index (κ3) is 5.70. The molecule has 24 heavy (non-hydrogen) atoms. The van der Waals surface area contributed by atoms with Crippen LogP contribution in [-0.4, -0.2) is 70.3 Å². The van der Waals surface area contributed by atoms with Gasteiger partial charge in [-0.25, -0.2) is 0 Å². The van der Waals surface area contributed by atoms with Crippen molar-refractivity contribution in [3.8, 4) is 11.5 Å². The first-order chi connectivity index (χ1) is 11.0. The van der Waals surface area contributed by atoms with Crippen LogP contribution in [0.25, 0.3) is 0 Å². The Hall–Kier alpha value is -1.22. The molecule has 1 fully saturated rings. The molecule has 0 aliphatic carbocycles. The van der Waals surface area contributed by atoms with Crippen molar-refractivity contribution in [1.82, 2.24) is 15.1 Å². The molecule has 1 saturated heterocycles. The van der Waals surface area contributed by atoms with E-state index >= 15 is 0 Å². The smallest absolute Gasteiger partial charge is 0.193 e. The lowest BCUT2D eigenvalue weighted by Crippen LogP contribution is -2.43. The van der Waals surface area contributed by atoms with E-state index in [1.807, 2.05) is 32.1 Å². The summed E-state index contributed by atoms with van der Waals surface area (Å²) in [6, 6.07) is 6.48. The second kappa shape index (κ2) is 9.93. The average molecular weight is 448 g/mol. The molecule has 0 spiro atoms. The summed E-state index contributed by atoms with van der Waals surface area (Å²) in [5.41, 5.74) is 1.21. The quantitative estimate of drug-likeness (QED) is 0.425. The van der Waals surface area contributed by atoms with E-state index in [1.54, 1.807) is 14.2 Å². The third-order valence-corrected chi connectivity index (χ3v) is 4.06. The van der Waals surface area contributed by atoms with Crippen LogP contribution >= 0.6 is 24.0 Å². The number of likely N-dealkylation sites (tertiary alicyclic amines) is 1. The minimum absolute atomic E-state index is 0. The van der Waals surface area contributed by atoms with Gasteiger partial charge in [-0.15, -0.1) is 24.0 Å². The molecule has 1 aromatic rings. The molecule has 7 heteroatoms. The molecule has 1 heterocycles. The summed E-state index contributed by atoms with van der Waals surface area (Å²) in [4.78, 5) is 8.73. The van der Waals surface area contributed by atoms with Gasteiger partial charge in [-0.2, -0.15) is 0 Å². The summed E-state index contributed by atoms with van der Waals surface area (Å²) in [5.74, 6) is 2.60. The van der Waals surface area contributed by atoms with Crippen LogP contribution in [0.4, 0.5) is 0 Å². The van der Waals surface area contributed by atoms with Gasteiger partial charge in [0.05, 0.1) is 14.2 Å². The second-order valence-corrected chi connectivity index (χ2v) is 6.03. The van der Waals surface area contributed by atoms with E-state index in [0.29, 0.717) is 6.04 Å². The van der Waals surface area contributed by atoms with Gasteiger partial charge in [0, 0.05) is 52.9 Å². The number of rotatable bonds is 5. The van der Waals surface area contributed by atoms with Crippen molar-refractivity contribution in [2.75, 3.05) is 48.5 Å². The monoisotopic (exact) mass is 448 g/mol. The lowest BCUT2D eigenvalue weighted by atomic mass is 10.2. The number of ether oxygens (including phenoxy) is 2. The predicted octanol–water partition coefficient (Wildman–Crippen LogP) is 2.03. The SMILES string of the molecule is CN=C(NC1CCN(Cc2cc(OC)cc(OC)c2)C1)N(C)C.I. The molecule has 2 rings (SSSR count). The van der Waals surface area contributed by atoms with Crippen LogP contribution in [0.15, 0.2) is 23.2 Å². The number of methoxy groups -OCH3 is 2. The van der Waals surface area contributed by atoms with Crippen molar-refractivity contribution in [3.05, 3.63) is 23.8 Å². The second-order valence-electron chi connectivity index (χ2n) is 6.03. The van der Waals surface area contributed by atoms with E-state index in [1.165, 1.54) is 5.56 Å². The van der Waals surface area contributed by atoms with Gasteiger partial charge in [0.2, 0.25) is 0 Å². The van der Waals surface area contributed by atoms with Crippen LogP contribution in [-0.2, 0) is 6.54 Å². The summed E-state index contributed by atoms with van der Waals surface area (Å²) in [7, 11) is 9.19. The van der Waals surface area contributed by atoms with Crippen LogP contribution in [0.1, 0.15) is 12.0 Å². The number of aliphatic imine (C=N–C) groups is 1. The van der Waals surface area contributed by atoms with E-state index in [4.69, 9.17) is 9.47 Å². The third-order valence-electron chi connectivity index (χ3n) is 4.06. The highest BCUT2D eigenvalue weighted by molar-refractivity contribution is 14.0. The Bertz CT molecular complexity index is 529. The molecule has 1 aliphatic rings. The molecule has 1 aliphatic heterocycles. The van der Waals surface area contributed by atoms with E-state index in [2.05, 4.69) is 27.3 Å². The fraction of sp³-hybridized carbons (Fsp3) is 0.588. The largest absolute Gasteiger partial charge is 0.497 e. The van der Waals surface area contributed by atoms with Gasteiger partial charge in [-0.05, 0) is 24.1 Å². The van der Waals surface area contributed by atoms with Gasteiger partial charge < -0.3 is 19.7 Å². The minimum atomic E-state index is 0. The summed E-state index contributed by atoms with van der Waals surface area (Å²) in [5, 5.41) is 3.51. The zero-order chi connectivity index (χ0) is 16.8. The van der Waals surface area contributed by atoms with Gasteiger partial charge in [0.1, 0.15) is 11.5 Å². The van der Waals surface area contributed by atoms with Gasteiger partial charge >= 0.3 is 0 Å². The number of guanidine groups is 1. The normalized spacial score (nSPS) is 18.0. The van der Waals surface area contributed by atoms with Gasteiger partial charge in [0.25, 0.3) is 0 Å². The Morgan fingerprint density at radius 3 is 2.38 bits per heavy atom. The molecule has 1 aromatic carbocycles. The molecule has 1 unspecified atom stereocenters. The number of nitrogens with zero attached hydrogens (tertiary/aromatic N) is 3. The fourth-order valence-electron chi connectivity index (χ4n) is 2.89. The first-order valence-electron chi connectivity index (χ1n) is 7.90. The molecule has 1 atom stereocenters. The van der Waals surface area contributed by atoms with Crippen LogP contribution in [0.5, 0.6) is 11.5 Å². The van der Waals surface area contributed by atoms with Gasteiger partial charge in [-0.3, -0.25) is 9.89 Å². The Labute approximate surface area is 162 Å². The number of nitrogens with one attached hydrogen (secondary N) is 1. The predicted molar refractivity (Wildman–Crippen MR) is 109 cm³/mol. The maximum Gasteiger partial charge on any atom is 0.193 e.